The standard InChI is InChI=1S/C19H33N5O7/c1-3-10(2)15(23-16(27)11(20)6-7-14(21)26)18(29)24-8-4-5-13(24)17(28)22-12(9-25)19(30)31/h10-13,15,25H,3-9,20H2,1-2H3,(H2,21,26)(H,22,28)(H,23,27)(H,30,31). The Morgan fingerprint density at radius 2 is 1.84 bits per heavy atom. The van der Waals surface area contributed by atoms with E-state index in [0.717, 1.165) is 0 Å². The average molecular weight is 444 g/mol. The van der Waals surface area contributed by atoms with Gasteiger partial charge in [-0.1, -0.05) is 20.3 Å². The summed E-state index contributed by atoms with van der Waals surface area (Å²) in [5.74, 6) is -4.01. The fourth-order valence-electron chi connectivity index (χ4n) is 3.31. The largest absolute Gasteiger partial charge is 0.480 e. The van der Waals surface area contributed by atoms with Gasteiger partial charge in [-0.25, -0.2) is 4.79 Å². The molecule has 0 aromatic rings. The third-order valence-electron chi connectivity index (χ3n) is 5.45. The molecule has 0 radical (unpaired) electrons. The summed E-state index contributed by atoms with van der Waals surface area (Å²) < 4.78 is 0. The first-order valence-corrected chi connectivity index (χ1v) is 10.3. The number of aliphatic hydroxyl groups is 1. The number of likely N-dealkylation sites (tertiary alicyclic amines) is 1. The summed E-state index contributed by atoms with van der Waals surface area (Å²) in [7, 11) is 0. The van der Waals surface area contributed by atoms with Crippen molar-refractivity contribution < 1.29 is 34.2 Å². The highest BCUT2D eigenvalue weighted by Gasteiger charge is 2.40. The molecular formula is C19H33N5O7. The monoisotopic (exact) mass is 443 g/mol. The Kier molecular flexibility index (Phi) is 10.4. The first-order valence-electron chi connectivity index (χ1n) is 10.3. The van der Waals surface area contributed by atoms with Crippen molar-refractivity contribution in [3.63, 3.8) is 0 Å². The second-order valence-electron chi connectivity index (χ2n) is 7.75. The molecule has 31 heavy (non-hydrogen) atoms. The summed E-state index contributed by atoms with van der Waals surface area (Å²) in [6, 6.07) is -4.35. The van der Waals surface area contributed by atoms with Crippen LogP contribution in [0.25, 0.3) is 0 Å². The number of primary amides is 1. The zero-order valence-corrected chi connectivity index (χ0v) is 17.9. The molecule has 0 aliphatic carbocycles. The molecule has 5 unspecified atom stereocenters. The number of rotatable bonds is 12. The van der Waals surface area contributed by atoms with Crippen LogP contribution in [0.15, 0.2) is 0 Å². The number of carbonyl (C=O) groups is 5. The van der Waals surface area contributed by atoms with E-state index in [-0.39, 0.29) is 25.3 Å². The van der Waals surface area contributed by atoms with E-state index < -0.39 is 60.4 Å². The SMILES string of the molecule is CCC(C)C(NC(=O)C(N)CCC(N)=O)C(=O)N1CCCC1C(=O)NC(CO)C(=O)O. The summed E-state index contributed by atoms with van der Waals surface area (Å²) in [6.07, 6.45) is 1.38. The maximum Gasteiger partial charge on any atom is 0.328 e. The number of nitrogens with one attached hydrogen (secondary N) is 2. The molecule has 0 bridgehead atoms. The first kappa shape index (κ1) is 26.3. The molecule has 1 heterocycles. The number of carboxylic acid groups (broad SMARTS) is 1. The Balaban J connectivity index is 2.93. The molecule has 12 nitrogen and oxygen atoms in total. The molecule has 0 aromatic heterocycles. The zero-order chi connectivity index (χ0) is 23.7. The van der Waals surface area contributed by atoms with E-state index in [4.69, 9.17) is 21.7 Å². The van der Waals surface area contributed by atoms with Gasteiger partial charge >= 0.3 is 5.97 Å². The quantitative estimate of drug-likeness (QED) is 0.192. The van der Waals surface area contributed by atoms with Gasteiger partial charge in [0.25, 0.3) is 0 Å². The van der Waals surface area contributed by atoms with Crippen LogP contribution in [0.4, 0.5) is 0 Å². The molecule has 1 fully saturated rings. The number of hydrogen-bond acceptors (Lipinski definition) is 7. The molecule has 5 atom stereocenters. The Bertz CT molecular complexity index is 687. The number of carboxylic acids is 1. The van der Waals surface area contributed by atoms with Crippen molar-refractivity contribution in [1.29, 1.82) is 0 Å². The van der Waals surface area contributed by atoms with Crippen molar-refractivity contribution in [1.82, 2.24) is 15.5 Å². The van der Waals surface area contributed by atoms with Crippen LogP contribution in [-0.2, 0) is 24.0 Å². The molecule has 0 aromatic carbocycles. The molecule has 1 saturated heterocycles. The molecule has 8 N–H and O–H groups in total. The first-order chi connectivity index (χ1) is 14.5. The molecule has 12 heteroatoms. The number of carbonyl (C=O) groups excluding carboxylic acids is 4. The van der Waals surface area contributed by atoms with Gasteiger partial charge < -0.3 is 37.2 Å². The predicted molar refractivity (Wildman–Crippen MR) is 109 cm³/mol. The fourth-order valence-corrected chi connectivity index (χ4v) is 3.31. The van der Waals surface area contributed by atoms with E-state index in [2.05, 4.69) is 10.6 Å². The van der Waals surface area contributed by atoms with Crippen LogP contribution in [0.5, 0.6) is 0 Å². The third kappa shape index (κ3) is 7.47. The Morgan fingerprint density at radius 3 is 2.35 bits per heavy atom. The van der Waals surface area contributed by atoms with Gasteiger partial charge in [0.2, 0.25) is 23.6 Å². The van der Waals surface area contributed by atoms with Crippen LogP contribution < -0.4 is 22.1 Å². The lowest BCUT2D eigenvalue weighted by Crippen LogP contribution is -2.58. The van der Waals surface area contributed by atoms with Crippen LogP contribution in [0, 0.1) is 5.92 Å². The lowest BCUT2D eigenvalue weighted by Gasteiger charge is -2.32. The minimum absolute atomic E-state index is 0.0368. The van der Waals surface area contributed by atoms with E-state index in [9.17, 15) is 24.0 Å². The van der Waals surface area contributed by atoms with Gasteiger partial charge in [0.15, 0.2) is 0 Å². The minimum Gasteiger partial charge on any atom is -0.480 e. The number of nitrogens with two attached hydrogens (primary N) is 2. The van der Waals surface area contributed by atoms with Crippen molar-refractivity contribution in [3.8, 4) is 0 Å². The van der Waals surface area contributed by atoms with Gasteiger partial charge in [0.05, 0.1) is 12.6 Å². The second kappa shape index (κ2) is 12.2. The summed E-state index contributed by atoms with van der Waals surface area (Å²) in [5.41, 5.74) is 10.9. The molecule has 1 aliphatic rings. The van der Waals surface area contributed by atoms with E-state index >= 15 is 0 Å². The molecule has 4 amide bonds. The second-order valence-corrected chi connectivity index (χ2v) is 7.75. The average Bonchev–Trinajstić information content (AvgIpc) is 3.22. The molecule has 0 saturated carbocycles. The van der Waals surface area contributed by atoms with Crippen LogP contribution in [0.3, 0.4) is 0 Å². The summed E-state index contributed by atoms with van der Waals surface area (Å²) >= 11 is 0. The minimum atomic E-state index is -1.47. The number of hydrogen-bond donors (Lipinski definition) is 6. The maximum absolute atomic E-state index is 13.2. The van der Waals surface area contributed by atoms with E-state index in [1.54, 1.807) is 6.92 Å². The predicted octanol–water partition coefficient (Wildman–Crippen LogP) is -2.34. The van der Waals surface area contributed by atoms with Crippen molar-refractivity contribution >= 4 is 29.6 Å². The Morgan fingerprint density at radius 1 is 1.19 bits per heavy atom. The van der Waals surface area contributed by atoms with Crippen LogP contribution in [-0.4, -0.2) is 82.0 Å². The number of aliphatic hydroxyl groups excluding tert-OH is 1. The number of amides is 4. The normalized spacial score (nSPS) is 19.7. The summed E-state index contributed by atoms with van der Waals surface area (Å²) in [5, 5.41) is 23.0. The van der Waals surface area contributed by atoms with Crippen molar-refractivity contribution in [2.75, 3.05) is 13.2 Å². The number of nitrogens with zero attached hydrogens (tertiary/aromatic N) is 1. The van der Waals surface area contributed by atoms with Crippen molar-refractivity contribution in [2.45, 2.75) is 70.1 Å². The fraction of sp³-hybridized carbons (Fsp3) is 0.737. The van der Waals surface area contributed by atoms with Gasteiger partial charge in [0, 0.05) is 13.0 Å². The maximum atomic E-state index is 13.2. The molecular weight excluding hydrogens is 410 g/mol. The van der Waals surface area contributed by atoms with E-state index in [0.29, 0.717) is 19.3 Å². The van der Waals surface area contributed by atoms with Crippen LogP contribution in [0.2, 0.25) is 0 Å². The van der Waals surface area contributed by atoms with Gasteiger partial charge in [-0.15, -0.1) is 0 Å². The van der Waals surface area contributed by atoms with Gasteiger partial charge in [0.1, 0.15) is 18.1 Å². The highest BCUT2D eigenvalue weighted by molar-refractivity contribution is 5.94. The molecule has 1 rings (SSSR count). The zero-order valence-electron chi connectivity index (χ0n) is 17.9. The lowest BCUT2D eigenvalue weighted by atomic mass is 9.96. The van der Waals surface area contributed by atoms with Crippen molar-refractivity contribution in [3.05, 3.63) is 0 Å². The summed E-state index contributed by atoms with van der Waals surface area (Å²) in [6.45, 7) is 3.10. The lowest BCUT2D eigenvalue weighted by molar-refractivity contribution is -0.146. The van der Waals surface area contributed by atoms with Gasteiger partial charge in [-0.05, 0) is 25.2 Å². The summed E-state index contributed by atoms with van der Waals surface area (Å²) in [4.78, 5) is 61.5. The number of aliphatic carboxylic acids is 1. The Labute approximate surface area is 180 Å². The van der Waals surface area contributed by atoms with Crippen LogP contribution >= 0.6 is 0 Å². The van der Waals surface area contributed by atoms with E-state index in [1.807, 2.05) is 6.92 Å². The Hall–Kier alpha value is -2.73. The molecule has 1 aliphatic heterocycles. The smallest absolute Gasteiger partial charge is 0.328 e. The topological polar surface area (TPSA) is 205 Å². The highest BCUT2D eigenvalue weighted by Crippen LogP contribution is 2.21. The van der Waals surface area contributed by atoms with E-state index in [1.165, 1.54) is 4.90 Å². The third-order valence-corrected chi connectivity index (χ3v) is 5.45. The van der Waals surface area contributed by atoms with Crippen LogP contribution in [0.1, 0.15) is 46.0 Å². The molecule has 0 spiro atoms. The van der Waals surface area contributed by atoms with Gasteiger partial charge in [-0.3, -0.25) is 19.2 Å². The van der Waals surface area contributed by atoms with Gasteiger partial charge in [-0.2, -0.15) is 0 Å². The van der Waals surface area contributed by atoms with Crippen molar-refractivity contribution in [2.24, 2.45) is 17.4 Å². The highest BCUT2D eigenvalue weighted by atomic mass is 16.4. The molecule has 176 valence electrons.